The highest BCUT2D eigenvalue weighted by Gasteiger charge is 2.31. The zero-order valence-corrected chi connectivity index (χ0v) is 17.1. The van der Waals surface area contributed by atoms with Crippen LogP contribution in [-0.2, 0) is 6.42 Å². The maximum absolute atomic E-state index is 12.4. The summed E-state index contributed by atoms with van der Waals surface area (Å²) in [6.45, 7) is 0.752. The molecular weight excluding hydrogens is 407 g/mol. The summed E-state index contributed by atoms with van der Waals surface area (Å²) in [6, 6.07) is 20.9. The number of hydrogen-bond donors (Lipinski definition) is 1. The molecule has 0 aliphatic carbocycles. The molecule has 3 aromatic carbocycles. The highest BCUT2D eigenvalue weighted by atomic mass is 19.4. The molecule has 3 aromatic rings. The minimum absolute atomic E-state index is 0.237. The third-order valence-corrected chi connectivity index (χ3v) is 4.50. The zero-order valence-electron chi connectivity index (χ0n) is 17.1. The van der Waals surface area contributed by atoms with E-state index in [1.807, 2.05) is 18.2 Å². The fraction of sp³-hybridized carbons (Fsp3) is 0.250. The maximum atomic E-state index is 12.4. The minimum Gasteiger partial charge on any atom is -0.495 e. The van der Waals surface area contributed by atoms with Crippen molar-refractivity contribution in [3.8, 4) is 23.0 Å². The van der Waals surface area contributed by atoms with Gasteiger partial charge < -0.3 is 19.5 Å². The molecule has 0 bridgehead atoms. The molecule has 0 saturated carbocycles. The van der Waals surface area contributed by atoms with Crippen molar-refractivity contribution < 1.29 is 27.4 Å². The first-order chi connectivity index (χ1) is 14.9. The van der Waals surface area contributed by atoms with E-state index in [1.165, 1.54) is 23.8 Å². The van der Waals surface area contributed by atoms with Crippen molar-refractivity contribution in [2.24, 2.45) is 0 Å². The average molecular weight is 431 g/mol. The number of aryl methyl sites for hydroxylation is 1. The molecule has 0 radical (unpaired) electrons. The van der Waals surface area contributed by atoms with Gasteiger partial charge in [-0.25, -0.2) is 0 Å². The summed E-state index contributed by atoms with van der Waals surface area (Å²) in [5.41, 5.74) is 2.06. The van der Waals surface area contributed by atoms with Gasteiger partial charge in [0.05, 0.1) is 12.8 Å². The molecule has 0 saturated heterocycles. The van der Waals surface area contributed by atoms with Crippen LogP contribution in [0.1, 0.15) is 18.4 Å². The summed E-state index contributed by atoms with van der Waals surface area (Å²) in [7, 11) is 1.58. The van der Waals surface area contributed by atoms with Gasteiger partial charge in [-0.1, -0.05) is 36.4 Å². The Morgan fingerprint density at radius 3 is 2.29 bits per heavy atom. The van der Waals surface area contributed by atoms with Gasteiger partial charge in [-0.15, -0.1) is 13.2 Å². The smallest absolute Gasteiger partial charge is 0.495 e. The van der Waals surface area contributed by atoms with Crippen LogP contribution in [0.2, 0.25) is 0 Å². The van der Waals surface area contributed by atoms with Crippen molar-refractivity contribution in [3.05, 3.63) is 78.4 Å². The van der Waals surface area contributed by atoms with Gasteiger partial charge in [-0.05, 0) is 49.1 Å². The SMILES string of the molecule is COc1ccc(Oc2cccc(OC(F)(F)F)c2)cc1NCCCCc1ccccc1. The number of benzene rings is 3. The normalized spacial score (nSPS) is 11.1. The Morgan fingerprint density at radius 2 is 1.55 bits per heavy atom. The van der Waals surface area contributed by atoms with Crippen molar-refractivity contribution in [2.75, 3.05) is 19.0 Å². The minimum atomic E-state index is -4.75. The first-order valence-corrected chi connectivity index (χ1v) is 9.92. The Morgan fingerprint density at radius 1 is 0.806 bits per heavy atom. The molecular formula is C24H24F3NO3. The molecule has 164 valence electrons. The molecule has 4 nitrogen and oxygen atoms in total. The molecule has 1 N–H and O–H groups in total. The fourth-order valence-electron chi connectivity index (χ4n) is 3.08. The number of alkyl halides is 3. The van der Waals surface area contributed by atoms with Crippen molar-refractivity contribution >= 4 is 5.69 Å². The van der Waals surface area contributed by atoms with Crippen LogP contribution in [0.25, 0.3) is 0 Å². The number of halogens is 3. The number of hydrogen-bond acceptors (Lipinski definition) is 4. The van der Waals surface area contributed by atoms with E-state index >= 15 is 0 Å². The number of nitrogens with one attached hydrogen (secondary N) is 1. The van der Waals surface area contributed by atoms with E-state index in [1.54, 1.807) is 31.4 Å². The quantitative estimate of drug-likeness (QED) is 0.358. The van der Waals surface area contributed by atoms with Crippen LogP contribution >= 0.6 is 0 Å². The van der Waals surface area contributed by atoms with Crippen molar-refractivity contribution in [3.63, 3.8) is 0 Å². The first kappa shape index (κ1) is 22.3. The third-order valence-electron chi connectivity index (χ3n) is 4.50. The van der Waals surface area contributed by atoms with Gasteiger partial charge in [-0.3, -0.25) is 0 Å². The molecule has 0 aliphatic rings. The summed E-state index contributed by atoms with van der Waals surface area (Å²) in [6.07, 6.45) is -1.73. The predicted molar refractivity (Wildman–Crippen MR) is 114 cm³/mol. The van der Waals surface area contributed by atoms with Gasteiger partial charge in [0.2, 0.25) is 0 Å². The van der Waals surface area contributed by atoms with Crippen LogP contribution in [-0.4, -0.2) is 20.0 Å². The molecule has 31 heavy (non-hydrogen) atoms. The summed E-state index contributed by atoms with van der Waals surface area (Å²) in [5, 5.41) is 3.34. The molecule has 0 aliphatic heterocycles. The molecule has 7 heteroatoms. The second-order valence-corrected chi connectivity index (χ2v) is 6.86. The molecule has 3 rings (SSSR count). The van der Waals surface area contributed by atoms with Gasteiger partial charge in [0.1, 0.15) is 23.0 Å². The van der Waals surface area contributed by atoms with Crippen LogP contribution in [0.4, 0.5) is 18.9 Å². The van der Waals surface area contributed by atoms with Gasteiger partial charge in [-0.2, -0.15) is 0 Å². The molecule has 0 spiro atoms. The summed E-state index contributed by atoms with van der Waals surface area (Å²) >= 11 is 0. The largest absolute Gasteiger partial charge is 0.573 e. The van der Waals surface area contributed by atoms with Crippen LogP contribution in [0.3, 0.4) is 0 Å². The fourth-order valence-corrected chi connectivity index (χ4v) is 3.08. The van der Waals surface area contributed by atoms with Crippen LogP contribution < -0.4 is 19.5 Å². The average Bonchev–Trinajstić information content (AvgIpc) is 2.73. The molecule has 0 atom stereocenters. The van der Waals surface area contributed by atoms with Crippen LogP contribution in [0.5, 0.6) is 23.0 Å². The summed E-state index contributed by atoms with van der Waals surface area (Å²) < 4.78 is 52.3. The Balaban J connectivity index is 1.58. The Bertz CT molecular complexity index is 962. The molecule has 0 unspecified atom stereocenters. The summed E-state index contributed by atoms with van der Waals surface area (Å²) in [4.78, 5) is 0. The van der Waals surface area contributed by atoms with Crippen molar-refractivity contribution in [2.45, 2.75) is 25.6 Å². The van der Waals surface area contributed by atoms with Gasteiger partial charge >= 0.3 is 6.36 Å². The predicted octanol–water partition coefficient (Wildman–Crippen LogP) is 6.82. The van der Waals surface area contributed by atoms with Gasteiger partial charge in [0, 0.05) is 18.7 Å². The summed E-state index contributed by atoms with van der Waals surface area (Å²) in [5.74, 6) is 1.03. The third kappa shape index (κ3) is 7.44. The number of ether oxygens (including phenoxy) is 3. The maximum Gasteiger partial charge on any atom is 0.573 e. The highest BCUT2D eigenvalue weighted by molar-refractivity contribution is 5.60. The Labute approximate surface area is 179 Å². The zero-order chi connectivity index (χ0) is 22.1. The number of rotatable bonds is 10. The molecule has 0 aromatic heterocycles. The van der Waals surface area contributed by atoms with E-state index < -0.39 is 6.36 Å². The van der Waals surface area contributed by atoms with E-state index in [0.717, 1.165) is 31.5 Å². The monoisotopic (exact) mass is 431 g/mol. The lowest BCUT2D eigenvalue weighted by Gasteiger charge is -2.14. The van der Waals surface area contributed by atoms with Gasteiger partial charge in [0.15, 0.2) is 0 Å². The standard InChI is InChI=1S/C24H24F3NO3/c1-29-23-14-13-20(30-19-11-7-12-21(16-19)31-24(25,26)27)17-22(23)28-15-6-5-10-18-8-3-2-4-9-18/h2-4,7-9,11-14,16-17,28H,5-6,10,15H2,1H3. The van der Waals surface area contributed by atoms with Gasteiger partial charge in [0.25, 0.3) is 0 Å². The highest BCUT2D eigenvalue weighted by Crippen LogP contribution is 2.33. The second-order valence-electron chi connectivity index (χ2n) is 6.86. The lowest BCUT2D eigenvalue weighted by Crippen LogP contribution is -2.17. The Kier molecular flexibility index (Phi) is 7.65. The topological polar surface area (TPSA) is 39.7 Å². The van der Waals surface area contributed by atoms with E-state index in [-0.39, 0.29) is 11.5 Å². The van der Waals surface area contributed by atoms with Crippen LogP contribution in [0.15, 0.2) is 72.8 Å². The van der Waals surface area contributed by atoms with Crippen molar-refractivity contribution in [1.29, 1.82) is 0 Å². The van der Waals surface area contributed by atoms with E-state index in [2.05, 4.69) is 22.2 Å². The molecule has 0 heterocycles. The number of methoxy groups -OCH3 is 1. The van der Waals surface area contributed by atoms with Crippen LogP contribution in [0, 0.1) is 0 Å². The van der Waals surface area contributed by atoms with E-state index in [0.29, 0.717) is 11.5 Å². The van der Waals surface area contributed by atoms with E-state index in [9.17, 15) is 13.2 Å². The first-order valence-electron chi connectivity index (χ1n) is 9.92. The lowest BCUT2D eigenvalue weighted by atomic mass is 10.1. The van der Waals surface area contributed by atoms with E-state index in [4.69, 9.17) is 9.47 Å². The molecule has 0 amide bonds. The second kappa shape index (κ2) is 10.6. The Hall–Kier alpha value is -3.35. The van der Waals surface area contributed by atoms with Crippen molar-refractivity contribution in [1.82, 2.24) is 0 Å². The lowest BCUT2D eigenvalue weighted by molar-refractivity contribution is -0.274. The number of unbranched alkanes of at least 4 members (excludes halogenated alkanes) is 1. The molecule has 0 fully saturated rings. The number of anilines is 1.